The Bertz CT molecular complexity index is 472. The predicted octanol–water partition coefficient (Wildman–Crippen LogP) is 1.55. The zero-order valence-corrected chi connectivity index (χ0v) is 16.1. The maximum atomic E-state index is 12.3. The molecule has 0 radical (unpaired) electrons. The van der Waals surface area contributed by atoms with Crippen molar-refractivity contribution in [3.05, 3.63) is 0 Å². The van der Waals surface area contributed by atoms with Gasteiger partial charge in [-0.25, -0.2) is 9.59 Å². The van der Waals surface area contributed by atoms with Gasteiger partial charge in [-0.05, 0) is 47.5 Å². The molecule has 144 valence electrons. The van der Waals surface area contributed by atoms with Crippen molar-refractivity contribution in [3.63, 3.8) is 0 Å². The van der Waals surface area contributed by atoms with Gasteiger partial charge in [-0.3, -0.25) is 4.79 Å². The highest BCUT2D eigenvalue weighted by Crippen LogP contribution is 2.12. The molecular formula is C17H32N4O4. The first kappa shape index (κ1) is 21.1. The summed E-state index contributed by atoms with van der Waals surface area (Å²) in [5.74, 6) is -0.0983. The molecule has 0 aliphatic carbocycles. The lowest BCUT2D eigenvalue weighted by Crippen LogP contribution is -2.53. The number of likely N-dealkylation sites (N-methyl/N-ethyl adjacent to an activating group) is 1. The minimum absolute atomic E-state index is 0.0127. The van der Waals surface area contributed by atoms with Crippen LogP contribution in [0.5, 0.6) is 0 Å². The predicted molar refractivity (Wildman–Crippen MR) is 95.3 cm³/mol. The van der Waals surface area contributed by atoms with Gasteiger partial charge < -0.3 is 25.2 Å². The van der Waals surface area contributed by atoms with Crippen molar-refractivity contribution in [2.24, 2.45) is 0 Å². The van der Waals surface area contributed by atoms with Gasteiger partial charge in [-0.2, -0.15) is 0 Å². The zero-order chi connectivity index (χ0) is 19.0. The fourth-order valence-electron chi connectivity index (χ4n) is 2.70. The second kappa shape index (κ2) is 9.48. The van der Waals surface area contributed by atoms with Crippen LogP contribution in [0.15, 0.2) is 0 Å². The molecule has 0 spiro atoms. The van der Waals surface area contributed by atoms with Gasteiger partial charge in [0.2, 0.25) is 5.91 Å². The lowest BCUT2D eigenvalue weighted by Gasteiger charge is -2.33. The second-order valence-corrected chi connectivity index (χ2v) is 7.16. The highest BCUT2D eigenvalue weighted by Gasteiger charge is 2.27. The van der Waals surface area contributed by atoms with Gasteiger partial charge in [-0.15, -0.1) is 0 Å². The number of urea groups is 1. The first-order chi connectivity index (χ1) is 11.7. The van der Waals surface area contributed by atoms with Crippen molar-refractivity contribution < 1.29 is 19.1 Å². The molecule has 1 heterocycles. The van der Waals surface area contributed by atoms with E-state index in [-0.39, 0.29) is 24.5 Å². The molecule has 4 amide bonds. The van der Waals surface area contributed by atoms with E-state index in [0.29, 0.717) is 26.2 Å². The number of nitrogens with zero attached hydrogens (tertiary/aromatic N) is 2. The summed E-state index contributed by atoms with van der Waals surface area (Å²) in [6.07, 6.45) is 1.11. The van der Waals surface area contributed by atoms with Gasteiger partial charge in [0.25, 0.3) is 0 Å². The number of rotatable bonds is 5. The molecule has 1 aliphatic heterocycles. The molecule has 0 aromatic heterocycles. The Morgan fingerprint density at radius 2 is 1.84 bits per heavy atom. The average molecular weight is 356 g/mol. The molecule has 0 saturated carbocycles. The van der Waals surface area contributed by atoms with E-state index >= 15 is 0 Å². The first-order valence-corrected chi connectivity index (χ1v) is 8.96. The minimum Gasteiger partial charge on any atom is -0.444 e. The van der Waals surface area contributed by atoms with E-state index in [0.717, 1.165) is 12.8 Å². The van der Waals surface area contributed by atoms with Crippen LogP contribution >= 0.6 is 0 Å². The van der Waals surface area contributed by atoms with E-state index in [2.05, 4.69) is 10.6 Å². The first-order valence-electron chi connectivity index (χ1n) is 8.96. The Hall–Kier alpha value is -1.99. The van der Waals surface area contributed by atoms with E-state index in [9.17, 15) is 14.4 Å². The van der Waals surface area contributed by atoms with Crippen molar-refractivity contribution in [1.29, 1.82) is 0 Å². The van der Waals surface area contributed by atoms with E-state index in [1.807, 2.05) is 13.8 Å². The second-order valence-electron chi connectivity index (χ2n) is 7.16. The summed E-state index contributed by atoms with van der Waals surface area (Å²) in [6, 6.07) is -0.427. The normalized spacial score (nSPS) is 17.6. The molecular weight excluding hydrogens is 324 g/mol. The number of carbonyl (C=O) groups excluding carboxylic acids is 3. The third-order valence-electron chi connectivity index (χ3n) is 3.94. The van der Waals surface area contributed by atoms with Gasteiger partial charge >= 0.3 is 12.1 Å². The largest absolute Gasteiger partial charge is 0.444 e. The maximum Gasteiger partial charge on any atom is 0.407 e. The van der Waals surface area contributed by atoms with Crippen LogP contribution < -0.4 is 10.6 Å². The molecule has 8 nitrogen and oxygen atoms in total. The topological polar surface area (TPSA) is 91.0 Å². The summed E-state index contributed by atoms with van der Waals surface area (Å²) in [5, 5.41) is 5.47. The molecule has 25 heavy (non-hydrogen) atoms. The fourth-order valence-corrected chi connectivity index (χ4v) is 2.70. The summed E-state index contributed by atoms with van der Waals surface area (Å²) in [5.41, 5.74) is -0.555. The Balaban J connectivity index is 2.44. The summed E-state index contributed by atoms with van der Waals surface area (Å²) < 4.78 is 5.25. The van der Waals surface area contributed by atoms with E-state index < -0.39 is 11.7 Å². The third kappa shape index (κ3) is 7.62. The van der Waals surface area contributed by atoms with E-state index in [1.165, 1.54) is 0 Å². The number of hydrogen-bond acceptors (Lipinski definition) is 4. The van der Waals surface area contributed by atoms with Crippen molar-refractivity contribution in [2.75, 3.05) is 32.7 Å². The van der Waals surface area contributed by atoms with Crippen LogP contribution in [0.1, 0.15) is 47.5 Å². The molecule has 0 aromatic rings. The summed E-state index contributed by atoms with van der Waals surface area (Å²) in [7, 11) is 0. The smallest absolute Gasteiger partial charge is 0.407 e. The fraction of sp³-hybridized carbons (Fsp3) is 0.824. The zero-order valence-electron chi connectivity index (χ0n) is 16.1. The van der Waals surface area contributed by atoms with Gasteiger partial charge in [0.15, 0.2) is 0 Å². The van der Waals surface area contributed by atoms with Gasteiger partial charge in [0, 0.05) is 32.2 Å². The summed E-state index contributed by atoms with van der Waals surface area (Å²) >= 11 is 0. The highest BCUT2D eigenvalue weighted by atomic mass is 16.6. The molecule has 1 aliphatic rings. The maximum absolute atomic E-state index is 12.3. The third-order valence-corrected chi connectivity index (χ3v) is 3.94. The lowest BCUT2D eigenvalue weighted by molar-refractivity contribution is -0.129. The van der Waals surface area contributed by atoms with Crippen LogP contribution in [0.2, 0.25) is 0 Å². The average Bonchev–Trinajstić information content (AvgIpc) is 2.52. The Morgan fingerprint density at radius 3 is 2.40 bits per heavy atom. The van der Waals surface area contributed by atoms with Gasteiger partial charge in [-0.1, -0.05) is 0 Å². The number of hydrogen-bond donors (Lipinski definition) is 2. The number of likely N-dealkylation sites (tertiary alicyclic amines) is 1. The number of amides is 4. The Labute approximate surface area is 150 Å². The quantitative estimate of drug-likeness (QED) is 0.782. The summed E-state index contributed by atoms with van der Waals surface area (Å²) in [6.45, 7) is 11.5. The van der Waals surface area contributed by atoms with Crippen LogP contribution in [0.4, 0.5) is 9.59 Å². The summed E-state index contributed by atoms with van der Waals surface area (Å²) in [4.78, 5) is 39.4. The van der Waals surface area contributed by atoms with E-state index in [1.54, 1.807) is 30.6 Å². The van der Waals surface area contributed by atoms with Crippen molar-refractivity contribution >= 4 is 18.0 Å². The molecule has 0 aromatic carbocycles. The molecule has 2 N–H and O–H groups in total. The Morgan fingerprint density at radius 1 is 1.20 bits per heavy atom. The van der Waals surface area contributed by atoms with Crippen LogP contribution in [0, 0.1) is 0 Å². The lowest BCUT2D eigenvalue weighted by atomic mass is 10.1. The molecule has 1 saturated heterocycles. The van der Waals surface area contributed by atoms with Crippen LogP contribution in [-0.2, 0) is 9.53 Å². The monoisotopic (exact) mass is 356 g/mol. The van der Waals surface area contributed by atoms with Crippen molar-refractivity contribution in [3.8, 4) is 0 Å². The van der Waals surface area contributed by atoms with Crippen molar-refractivity contribution in [1.82, 2.24) is 20.4 Å². The molecule has 1 rings (SSSR count). The SMILES string of the molecule is CCN(CC)C(=O)CNC(=O)N1CCCC(NC(=O)OC(C)(C)C)C1. The molecule has 1 fully saturated rings. The number of piperidine rings is 1. The molecule has 0 bridgehead atoms. The number of nitrogens with one attached hydrogen (secondary N) is 2. The highest BCUT2D eigenvalue weighted by molar-refractivity contribution is 5.84. The molecule has 8 heteroatoms. The van der Waals surface area contributed by atoms with E-state index in [4.69, 9.17) is 4.74 Å². The van der Waals surface area contributed by atoms with Gasteiger partial charge in [0.1, 0.15) is 5.60 Å². The molecule has 1 unspecified atom stereocenters. The standard InChI is InChI=1S/C17H32N4O4/c1-6-20(7-2)14(22)11-18-15(23)21-10-8-9-13(12-21)19-16(24)25-17(3,4)5/h13H,6-12H2,1-5H3,(H,18,23)(H,19,24). The number of carbonyl (C=O) groups is 3. The minimum atomic E-state index is -0.555. The number of ether oxygens (including phenoxy) is 1. The van der Waals surface area contributed by atoms with Crippen molar-refractivity contribution in [2.45, 2.75) is 59.1 Å². The molecule has 1 atom stereocenters. The van der Waals surface area contributed by atoms with Crippen LogP contribution in [0.3, 0.4) is 0 Å². The van der Waals surface area contributed by atoms with Crippen LogP contribution in [-0.4, -0.2) is 72.2 Å². The van der Waals surface area contributed by atoms with Crippen LogP contribution in [0.25, 0.3) is 0 Å². The number of alkyl carbamates (subject to hydrolysis) is 1. The van der Waals surface area contributed by atoms with Gasteiger partial charge in [0.05, 0.1) is 6.54 Å². The Kier molecular flexibility index (Phi) is 7.99.